The second kappa shape index (κ2) is 17.4. The number of carbonyl (C=O) groups is 3. The fourth-order valence-corrected chi connectivity index (χ4v) is 8.12. The van der Waals surface area contributed by atoms with Gasteiger partial charge in [-0.1, -0.05) is 82.0 Å². The molecule has 11 heteroatoms. The molecular formula is C41H60N6O5. The van der Waals surface area contributed by atoms with E-state index in [1.165, 1.54) is 6.42 Å². The summed E-state index contributed by atoms with van der Waals surface area (Å²) in [6.45, 7) is 10.1. The Hall–Kier alpha value is -3.80. The smallest absolute Gasteiger partial charge is 0.243 e. The molecule has 6 N–H and O–H groups in total. The highest BCUT2D eigenvalue weighted by Gasteiger charge is 2.45. The van der Waals surface area contributed by atoms with E-state index in [9.17, 15) is 24.6 Å². The van der Waals surface area contributed by atoms with Crippen molar-refractivity contribution in [1.82, 2.24) is 30.8 Å². The number of para-hydroxylation sites is 2. The van der Waals surface area contributed by atoms with E-state index in [0.29, 0.717) is 43.5 Å². The molecule has 1 aliphatic carbocycles. The molecule has 1 aliphatic heterocycles. The Balaban J connectivity index is 1.34. The third kappa shape index (κ3) is 10.4. The molecule has 0 bridgehead atoms. The number of aliphatic hydroxyl groups excluding tert-OH is 1. The van der Waals surface area contributed by atoms with Crippen molar-refractivity contribution in [3.63, 3.8) is 0 Å². The third-order valence-electron chi connectivity index (χ3n) is 11.1. The first-order chi connectivity index (χ1) is 24.8. The number of hydrogen-bond acceptors (Lipinski definition) is 7. The maximum absolute atomic E-state index is 14.3. The van der Waals surface area contributed by atoms with Crippen molar-refractivity contribution in [1.29, 1.82) is 0 Å². The molecule has 1 unspecified atom stereocenters. The number of aliphatic hydroxyl groups is 2. The summed E-state index contributed by atoms with van der Waals surface area (Å²) in [6.07, 6.45) is 6.13. The Morgan fingerprint density at radius 2 is 1.69 bits per heavy atom. The van der Waals surface area contributed by atoms with Crippen LogP contribution in [0.3, 0.4) is 0 Å². The lowest BCUT2D eigenvalue weighted by Gasteiger charge is -2.48. The van der Waals surface area contributed by atoms with Crippen molar-refractivity contribution >= 4 is 28.8 Å². The zero-order valence-electron chi connectivity index (χ0n) is 31.7. The van der Waals surface area contributed by atoms with E-state index in [2.05, 4.69) is 30.8 Å². The monoisotopic (exact) mass is 716 g/mol. The summed E-state index contributed by atoms with van der Waals surface area (Å²) in [7, 11) is 0. The first-order valence-electron chi connectivity index (χ1n) is 19.2. The van der Waals surface area contributed by atoms with E-state index in [1.807, 2.05) is 89.2 Å². The van der Waals surface area contributed by atoms with Crippen molar-refractivity contribution in [2.45, 2.75) is 116 Å². The van der Waals surface area contributed by atoms with Gasteiger partial charge in [-0.15, -0.1) is 0 Å². The number of likely N-dealkylation sites (tertiary alicyclic amines) is 1. The van der Waals surface area contributed by atoms with Gasteiger partial charge in [-0.2, -0.15) is 0 Å². The first kappa shape index (κ1) is 39.4. The van der Waals surface area contributed by atoms with Crippen molar-refractivity contribution in [3.05, 3.63) is 66.0 Å². The van der Waals surface area contributed by atoms with E-state index >= 15 is 0 Å². The Labute approximate surface area is 308 Å². The van der Waals surface area contributed by atoms with E-state index in [-0.39, 0.29) is 43.1 Å². The molecule has 0 radical (unpaired) electrons. The van der Waals surface area contributed by atoms with Gasteiger partial charge in [-0.05, 0) is 81.9 Å². The van der Waals surface area contributed by atoms with Crippen molar-refractivity contribution < 1.29 is 24.6 Å². The largest absolute Gasteiger partial charge is 0.393 e. The lowest BCUT2D eigenvalue weighted by atomic mass is 9.72. The first-order valence-corrected chi connectivity index (χ1v) is 19.2. The lowest BCUT2D eigenvalue weighted by Crippen LogP contribution is -2.61. The molecule has 1 saturated carbocycles. The van der Waals surface area contributed by atoms with Gasteiger partial charge >= 0.3 is 0 Å². The second-order valence-electron chi connectivity index (χ2n) is 16.5. The number of carbonyl (C=O) groups excluding carboxylic acids is 3. The van der Waals surface area contributed by atoms with E-state index in [0.717, 1.165) is 35.9 Å². The van der Waals surface area contributed by atoms with Crippen LogP contribution in [0.15, 0.2) is 54.6 Å². The van der Waals surface area contributed by atoms with Crippen LogP contribution in [0.5, 0.6) is 0 Å². The molecule has 0 spiro atoms. The third-order valence-corrected chi connectivity index (χ3v) is 11.1. The van der Waals surface area contributed by atoms with Crippen LogP contribution in [0.1, 0.15) is 91.0 Å². The quantitative estimate of drug-likeness (QED) is 0.135. The van der Waals surface area contributed by atoms with Crippen LogP contribution in [0.4, 0.5) is 0 Å². The van der Waals surface area contributed by atoms with Gasteiger partial charge < -0.3 is 31.1 Å². The van der Waals surface area contributed by atoms with E-state index in [1.54, 1.807) is 0 Å². The summed E-state index contributed by atoms with van der Waals surface area (Å²) in [5.74, 6) is -0.194. The number of rotatable bonds is 15. The van der Waals surface area contributed by atoms with Crippen LogP contribution in [-0.2, 0) is 27.3 Å². The molecular weight excluding hydrogens is 656 g/mol. The molecule has 52 heavy (non-hydrogen) atoms. The Bertz CT molecular complexity index is 1610. The normalized spacial score (nSPS) is 22.4. The van der Waals surface area contributed by atoms with Crippen molar-refractivity contribution in [2.75, 3.05) is 19.7 Å². The lowest BCUT2D eigenvalue weighted by molar-refractivity contribution is -0.139. The number of hydrogen-bond donors (Lipinski definition) is 6. The highest BCUT2D eigenvalue weighted by atomic mass is 16.3. The van der Waals surface area contributed by atoms with Crippen LogP contribution in [-0.4, -0.2) is 85.7 Å². The van der Waals surface area contributed by atoms with Gasteiger partial charge in [0.15, 0.2) is 0 Å². The van der Waals surface area contributed by atoms with Crippen LogP contribution in [0.25, 0.3) is 11.0 Å². The number of benzene rings is 2. The summed E-state index contributed by atoms with van der Waals surface area (Å²) in [6, 6.07) is 16.0. The summed E-state index contributed by atoms with van der Waals surface area (Å²) in [5.41, 5.74) is 0.505. The van der Waals surface area contributed by atoms with Gasteiger partial charge in [-0.25, -0.2) is 4.98 Å². The number of β-amino-alcohol motifs (C(OH)–C–C–N with tert-alkyl or cyclic N) is 1. The van der Waals surface area contributed by atoms with Crippen LogP contribution < -0.4 is 16.0 Å². The molecule has 11 nitrogen and oxygen atoms in total. The molecule has 2 aliphatic rings. The van der Waals surface area contributed by atoms with Gasteiger partial charge in [0.05, 0.1) is 30.2 Å². The number of nitrogens with zero attached hydrogens (tertiary/aromatic N) is 2. The highest BCUT2D eigenvalue weighted by molar-refractivity contribution is 5.89. The number of imidazole rings is 1. The molecule has 2 aromatic carbocycles. The zero-order chi connectivity index (χ0) is 37.5. The summed E-state index contributed by atoms with van der Waals surface area (Å²) in [4.78, 5) is 51.5. The Morgan fingerprint density at radius 1 is 1.00 bits per heavy atom. The molecule has 1 saturated heterocycles. The highest BCUT2D eigenvalue weighted by Crippen LogP contribution is 2.39. The molecule has 284 valence electrons. The number of nitrogens with one attached hydrogen (secondary N) is 4. The summed E-state index contributed by atoms with van der Waals surface area (Å²) >= 11 is 0. The fraction of sp³-hybridized carbons (Fsp3) is 0.610. The second-order valence-corrected chi connectivity index (χ2v) is 16.5. The minimum Gasteiger partial charge on any atom is -0.393 e. The van der Waals surface area contributed by atoms with Gasteiger partial charge in [-0.3, -0.25) is 19.3 Å². The van der Waals surface area contributed by atoms with Crippen molar-refractivity contribution in [2.24, 2.45) is 23.7 Å². The minimum atomic E-state index is -1.67. The topological polar surface area (TPSA) is 160 Å². The number of piperidine rings is 1. The maximum Gasteiger partial charge on any atom is 0.243 e. The number of aromatic amines is 1. The molecule has 3 amide bonds. The fourth-order valence-electron chi connectivity index (χ4n) is 8.12. The van der Waals surface area contributed by atoms with Gasteiger partial charge in [0, 0.05) is 24.5 Å². The summed E-state index contributed by atoms with van der Waals surface area (Å²) < 4.78 is 0. The zero-order valence-corrected chi connectivity index (χ0v) is 31.7. The predicted molar refractivity (Wildman–Crippen MR) is 203 cm³/mol. The number of H-pyrrole nitrogens is 1. The average molecular weight is 717 g/mol. The van der Waals surface area contributed by atoms with Crippen LogP contribution in [0.2, 0.25) is 0 Å². The number of amides is 3. The SMILES string of the molecule is CC[C@H](C)[C@H](NC(=O)[C@H](Cc1ccccc1)CC(O)(CO)CN1C[C@H]2CCCC[C@H]2C[C@H]1C(=O)NC(C)(C)C)C(=O)NCc1nc2ccccc2[nH]1. The number of aromatic nitrogens is 2. The standard InChI is InChI=1S/C41H60N6O5/c1-6-27(2)36(39(51)42-23-35-43-32-18-12-13-19-33(32)44-35)45-37(49)31(20-28-14-8-7-9-15-28)22-41(52,26-48)25-47-24-30-17-11-10-16-29(30)21-34(47)38(50)46-40(3,4)5/h7-9,12-15,18-19,27,29-31,34,36,48,52H,6,10-11,16-17,20-26H2,1-5H3,(H,42,51)(H,43,44)(H,45,49)(H,46,50)/t27-,29-,30+,31+,34-,36-,41?/m0/s1. The average Bonchev–Trinajstić information content (AvgIpc) is 3.55. The number of fused-ring (bicyclic) bond motifs is 2. The maximum atomic E-state index is 14.3. The molecule has 7 atom stereocenters. The minimum absolute atomic E-state index is 0.0454. The van der Waals surface area contributed by atoms with Crippen LogP contribution >= 0.6 is 0 Å². The molecule has 3 aromatic rings. The molecule has 1 aromatic heterocycles. The molecule has 2 fully saturated rings. The van der Waals surface area contributed by atoms with E-state index < -0.39 is 35.7 Å². The Morgan fingerprint density at radius 3 is 2.37 bits per heavy atom. The van der Waals surface area contributed by atoms with Gasteiger partial charge in [0.1, 0.15) is 17.5 Å². The van der Waals surface area contributed by atoms with E-state index in [4.69, 9.17) is 0 Å². The van der Waals surface area contributed by atoms with Crippen LogP contribution in [0, 0.1) is 23.7 Å². The predicted octanol–water partition coefficient (Wildman–Crippen LogP) is 4.48. The molecule has 5 rings (SSSR count). The van der Waals surface area contributed by atoms with Crippen molar-refractivity contribution in [3.8, 4) is 0 Å². The summed E-state index contributed by atoms with van der Waals surface area (Å²) in [5, 5.41) is 32.1. The van der Waals surface area contributed by atoms with Gasteiger partial charge in [0.25, 0.3) is 0 Å². The molecule has 2 heterocycles. The Kier molecular flexibility index (Phi) is 13.1. The van der Waals surface area contributed by atoms with Gasteiger partial charge in [0.2, 0.25) is 17.7 Å².